The number of aromatic carboxylic acids is 1. The number of carboxylic acids is 1. The number of rotatable bonds is 7. The predicted octanol–water partition coefficient (Wildman–Crippen LogP) is 3.24. The average Bonchev–Trinajstić information content (AvgIpc) is 2.68. The van der Waals surface area contributed by atoms with E-state index in [-0.39, 0.29) is 22.4 Å². The van der Waals surface area contributed by atoms with Crippen LogP contribution in [0.4, 0.5) is 4.39 Å². The Hall–Kier alpha value is -2.25. The van der Waals surface area contributed by atoms with Gasteiger partial charge in [-0.05, 0) is 24.8 Å². The summed E-state index contributed by atoms with van der Waals surface area (Å²) in [7, 11) is 0. The summed E-state index contributed by atoms with van der Waals surface area (Å²) in [5, 5.41) is 13.5. The van der Waals surface area contributed by atoms with Crippen molar-refractivity contribution in [2.24, 2.45) is 5.92 Å². The number of piperazine rings is 1. The molecule has 1 aromatic heterocycles. The molecule has 1 aliphatic rings. The van der Waals surface area contributed by atoms with E-state index in [0.29, 0.717) is 24.6 Å². The van der Waals surface area contributed by atoms with Crippen molar-refractivity contribution >= 4 is 16.7 Å². The molecule has 0 spiro atoms. The van der Waals surface area contributed by atoms with E-state index in [1.807, 2.05) is 6.92 Å². The van der Waals surface area contributed by atoms with Gasteiger partial charge in [0.2, 0.25) is 0 Å². The summed E-state index contributed by atoms with van der Waals surface area (Å²) in [5.74, 6) is -1.48. The van der Waals surface area contributed by atoms with E-state index in [2.05, 4.69) is 24.1 Å². The first-order chi connectivity index (χ1) is 13.9. The third-order valence-electron chi connectivity index (χ3n) is 5.55. The van der Waals surface area contributed by atoms with E-state index in [1.165, 1.54) is 16.7 Å². The lowest BCUT2D eigenvalue weighted by atomic mass is 9.92. The molecule has 0 bridgehead atoms. The molecule has 158 valence electrons. The molecule has 2 heterocycles. The molecule has 0 radical (unpaired) electrons. The van der Waals surface area contributed by atoms with Crippen LogP contribution in [0.15, 0.2) is 23.0 Å². The summed E-state index contributed by atoms with van der Waals surface area (Å²) in [6.45, 7) is 9.67. The van der Waals surface area contributed by atoms with E-state index >= 15 is 0 Å². The van der Waals surface area contributed by atoms with Gasteiger partial charge in [0.1, 0.15) is 5.82 Å². The number of carbonyl (C=O) groups is 1. The minimum Gasteiger partial charge on any atom is -0.478 e. The van der Waals surface area contributed by atoms with Crippen LogP contribution in [-0.2, 0) is 6.54 Å². The number of aromatic nitrogens is 1. The van der Waals surface area contributed by atoms with Gasteiger partial charge in [0.05, 0.1) is 22.7 Å². The molecule has 2 aromatic rings. The van der Waals surface area contributed by atoms with E-state index in [4.69, 9.17) is 0 Å². The molecular weight excluding hydrogens is 373 g/mol. The van der Waals surface area contributed by atoms with Gasteiger partial charge in [0.25, 0.3) is 5.56 Å². The minimum absolute atomic E-state index is 0.0525. The molecule has 29 heavy (non-hydrogen) atoms. The van der Waals surface area contributed by atoms with Gasteiger partial charge in [-0.15, -0.1) is 0 Å². The fourth-order valence-electron chi connectivity index (χ4n) is 4.36. The van der Waals surface area contributed by atoms with Crippen LogP contribution in [0.25, 0.3) is 10.8 Å². The Labute approximate surface area is 170 Å². The van der Waals surface area contributed by atoms with Crippen LogP contribution in [0.1, 0.15) is 55.7 Å². The van der Waals surface area contributed by atoms with Crippen molar-refractivity contribution in [1.82, 2.24) is 14.8 Å². The van der Waals surface area contributed by atoms with Crippen molar-refractivity contribution in [2.75, 3.05) is 26.2 Å². The normalized spacial score (nSPS) is 16.4. The number of halogens is 1. The van der Waals surface area contributed by atoms with Gasteiger partial charge in [-0.1, -0.05) is 32.9 Å². The minimum atomic E-state index is -1.12. The lowest BCUT2D eigenvalue weighted by molar-refractivity contribution is 0.0689. The number of benzene rings is 1. The summed E-state index contributed by atoms with van der Waals surface area (Å²) >= 11 is 0. The number of hydrogen-bond donors (Lipinski definition) is 2. The molecular formula is C22H30FN3O3. The third kappa shape index (κ3) is 4.21. The van der Waals surface area contributed by atoms with Crippen molar-refractivity contribution < 1.29 is 14.3 Å². The van der Waals surface area contributed by atoms with Gasteiger partial charge < -0.3 is 15.0 Å². The SMILES string of the molecule is CCCn1c(C(CC(C)C)N2CCNCC2)c(C(=O)O)c2cccc(F)c2c1=O. The smallest absolute Gasteiger partial charge is 0.338 e. The maximum atomic E-state index is 14.6. The number of fused-ring (bicyclic) bond motifs is 1. The lowest BCUT2D eigenvalue weighted by Gasteiger charge is -2.38. The second-order valence-electron chi connectivity index (χ2n) is 8.12. The number of pyridine rings is 1. The molecule has 1 atom stereocenters. The second-order valence-corrected chi connectivity index (χ2v) is 8.12. The molecule has 0 aliphatic carbocycles. The molecule has 6 nitrogen and oxygen atoms in total. The van der Waals surface area contributed by atoms with E-state index in [1.54, 1.807) is 6.07 Å². The van der Waals surface area contributed by atoms with E-state index in [9.17, 15) is 19.1 Å². The Bertz CT molecular complexity index is 948. The van der Waals surface area contributed by atoms with Crippen molar-refractivity contribution in [3.05, 3.63) is 45.6 Å². The quantitative estimate of drug-likeness (QED) is 0.742. The highest BCUT2D eigenvalue weighted by atomic mass is 19.1. The van der Waals surface area contributed by atoms with Crippen LogP contribution >= 0.6 is 0 Å². The predicted molar refractivity (Wildman–Crippen MR) is 112 cm³/mol. The third-order valence-corrected chi connectivity index (χ3v) is 5.55. The maximum Gasteiger partial charge on any atom is 0.338 e. The van der Waals surface area contributed by atoms with Crippen LogP contribution < -0.4 is 10.9 Å². The summed E-state index contributed by atoms with van der Waals surface area (Å²) in [6.07, 6.45) is 1.38. The standard InChI is InChI=1S/C22H30FN3O3/c1-4-10-26-20(17(13-14(2)3)25-11-8-24-9-12-25)19(22(28)29)15-6-5-7-16(23)18(15)21(26)27/h5-7,14,17,24H,4,8-13H2,1-3H3,(H,28,29). The molecule has 2 N–H and O–H groups in total. The second kappa shape index (κ2) is 9.05. The summed E-state index contributed by atoms with van der Waals surface area (Å²) in [5.41, 5.74) is 0.124. The van der Waals surface area contributed by atoms with Crippen molar-refractivity contribution in [3.8, 4) is 0 Å². The largest absolute Gasteiger partial charge is 0.478 e. The Balaban J connectivity index is 2.38. The number of nitrogens with one attached hydrogen (secondary N) is 1. The highest BCUT2D eigenvalue weighted by Crippen LogP contribution is 2.34. The first kappa shape index (κ1) is 21.5. The van der Waals surface area contributed by atoms with Crippen LogP contribution in [-0.4, -0.2) is 46.7 Å². The molecule has 0 amide bonds. The first-order valence-electron chi connectivity index (χ1n) is 10.4. The zero-order valence-corrected chi connectivity index (χ0v) is 17.4. The highest BCUT2D eigenvalue weighted by Gasteiger charge is 2.32. The summed E-state index contributed by atoms with van der Waals surface area (Å²) in [6, 6.07) is 4.02. The first-order valence-corrected chi connectivity index (χ1v) is 10.4. The van der Waals surface area contributed by atoms with Crippen molar-refractivity contribution in [1.29, 1.82) is 0 Å². The molecule has 3 rings (SSSR count). The van der Waals surface area contributed by atoms with Crippen LogP contribution in [0.5, 0.6) is 0 Å². The number of hydrogen-bond acceptors (Lipinski definition) is 4. The lowest BCUT2D eigenvalue weighted by Crippen LogP contribution is -2.47. The van der Waals surface area contributed by atoms with Gasteiger partial charge in [-0.2, -0.15) is 0 Å². The van der Waals surface area contributed by atoms with Crippen molar-refractivity contribution in [3.63, 3.8) is 0 Å². The van der Waals surface area contributed by atoms with Gasteiger partial charge in [-0.3, -0.25) is 9.69 Å². The monoisotopic (exact) mass is 403 g/mol. The highest BCUT2D eigenvalue weighted by molar-refractivity contribution is 6.04. The molecule has 1 aliphatic heterocycles. The van der Waals surface area contributed by atoms with Gasteiger partial charge in [0.15, 0.2) is 0 Å². The van der Waals surface area contributed by atoms with Crippen molar-refractivity contribution in [2.45, 2.75) is 46.2 Å². The van der Waals surface area contributed by atoms with Gasteiger partial charge in [-0.25, -0.2) is 9.18 Å². The molecule has 1 aromatic carbocycles. The van der Waals surface area contributed by atoms with E-state index < -0.39 is 17.3 Å². The maximum absolute atomic E-state index is 14.6. The van der Waals surface area contributed by atoms with Crippen LogP contribution in [0.3, 0.4) is 0 Å². The van der Waals surface area contributed by atoms with Gasteiger partial charge >= 0.3 is 5.97 Å². The Morgan fingerprint density at radius 2 is 1.97 bits per heavy atom. The summed E-state index contributed by atoms with van der Waals surface area (Å²) < 4.78 is 16.1. The number of nitrogens with zero attached hydrogens (tertiary/aromatic N) is 2. The molecule has 7 heteroatoms. The zero-order chi connectivity index (χ0) is 21.1. The Morgan fingerprint density at radius 1 is 1.28 bits per heavy atom. The Kier molecular flexibility index (Phi) is 6.70. The topological polar surface area (TPSA) is 74.6 Å². The summed E-state index contributed by atoms with van der Waals surface area (Å²) in [4.78, 5) is 28.0. The van der Waals surface area contributed by atoms with E-state index in [0.717, 1.165) is 32.6 Å². The fraction of sp³-hybridized carbons (Fsp3) is 0.545. The Morgan fingerprint density at radius 3 is 2.55 bits per heavy atom. The van der Waals surface area contributed by atoms with Crippen LogP contribution in [0.2, 0.25) is 0 Å². The van der Waals surface area contributed by atoms with Crippen LogP contribution in [0, 0.1) is 11.7 Å². The molecule has 1 saturated heterocycles. The molecule has 0 saturated carbocycles. The fourth-order valence-corrected chi connectivity index (χ4v) is 4.36. The number of carboxylic acid groups (broad SMARTS) is 1. The molecule has 1 unspecified atom stereocenters. The average molecular weight is 403 g/mol. The van der Waals surface area contributed by atoms with Gasteiger partial charge in [0, 0.05) is 38.1 Å². The molecule has 1 fully saturated rings. The zero-order valence-electron chi connectivity index (χ0n) is 17.4.